The number of nitrogens with one attached hydrogen (secondary N) is 1. The molecule has 6 heteroatoms. The second kappa shape index (κ2) is 46.2. The van der Waals surface area contributed by atoms with Gasteiger partial charge in [0.15, 0.2) is 0 Å². The van der Waals surface area contributed by atoms with Crippen LogP contribution < -0.4 is 5.32 Å². The van der Waals surface area contributed by atoms with Gasteiger partial charge in [-0.1, -0.05) is 237 Å². The van der Waals surface area contributed by atoms with E-state index in [9.17, 15) is 19.8 Å². The summed E-state index contributed by atoms with van der Waals surface area (Å²) in [7, 11) is 0. The first-order valence-corrected chi connectivity index (χ1v) is 25.2. The third-order valence-electron chi connectivity index (χ3n) is 11.5. The Labute approximate surface area is 360 Å². The van der Waals surface area contributed by atoms with Gasteiger partial charge in [-0.05, 0) is 44.9 Å². The summed E-state index contributed by atoms with van der Waals surface area (Å²) in [5.74, 6) is -0.488. The Morgan fingerprint density at radius 2 is 0.931 bits per heavy atom. The standard InChI is InChI=1S/C52H97NO5/c1-4-7-10-13-16-19-22-25-28-31-34-37-40-43-48(58-52(57)45-42-39-36-33-30-27-24-21-18-15-12-9-6-3)46-51(56)53-49(47-54)50(55)44-41-38-35-32-29-26-23-20-17-14-11-8-5-2/h9,12,15,18,21,24,48-50,54-55H,4-8,10-11,13-14,16-17,19-20,22-23,25-47H2,1-3H3,(H,53,56)/b12-9+,18-15+,24-21-. The van der Waals surface area contributed by atoms with Crippen molar-refractivity contribution in [2.24, 2.45) is 0 Å². The van der Waals surface area contributed by atoms with Crippen molar-refractivity contribution in [3.63, 3.8) is 0 Å². The molecule has 0 aliphatic rings. The Hall–Kier alpha value is -1.92. The molecule has 0 aliphatic carbocycles. The lowest BCUT2D eigenvalue weighted by Gasteiger charge is -2.24. The average molecular weight is 816 g/mol. The number of carbonyl (C=O) groups is 2. The second-order valence-electron chi connectivity index (χ2n) is 17.3. The lowest BCUT2D eigenvalue weighted by Crippen LogP contribution is -2.46. The van der Waals surface area contributed by atoms with Crippen molar-refractivity contribution < 1.29 is 24.5 Å². The number of rotatable bonds is 45. The Bertz CT molecular complexity index is 961. The number of hydrogen-bond acceptors (Lipinski definition) is 5. The molecule has 0 bridgehead atoms. The van der Waals surface area contributed by atoms with E-state index in [-0.39, 0.29) is 24.9 Å². The second-order valence-corrected chi connectivity index (χ2v) is 17.3. The normalized spacial score (nSPS) is 13.5. The minimum Gasteiger partial charge on any atom is -0.462 e. The zero-order valence-corrected chi connectivity index (χ0v) is 38.7. The van der Waals surface area contributed by atoms with Crippen LogP contribution in [0.5, 0.6) is 0 Å². The van der Waals surface area contributed by atoms with E-state index >= 15 is 0 Å². The molecule has 0 heterocycles. The van der Waals surface area contributed by atoms with Crippen molar-refractivity contribution in [3.8, 4) is 0 Å². The molecule has 0 aromatic rings. The number of allylic oxidation sites excluding steroid dienone is 6. The number of aliphatic hydroxyl groups is 2. The molecule has 0 aromatic carbocycles. The first-order valence-electron chi connectivity index (χ1n) is 25.2. The summed E-state index contributed by atoms with van der Waals surface area (Å²) in [4.78, 5) is 26.1. The van der Waals surface area contributed by atoms with Crippen molar-refractivity contribution in [2.75, 3.05) is 6.61 Å². The van der Waals surface area contributed by atoms with Crippen molar-refractivity contribution in [1.82, 2.24) is 5.32 Å². The third kappa shape index (κ3) is 40.8. The quantitative estimate of drug-likeness (QED) is 0.0323. The lowest BCUT2D eigenvalue weighted by atomic mass is 10.0. The van der Waals surface area contributed by atoms with Crippen LogP contribution in [-0.4, -0.2) is 46.9 Å². The SMILES string of the molecule is CC/C=C/C=C/C=C\CCCCCCCC(=O)OC(CCCCCCCCCCCCCCC)CC(=O)NC(CO)C(O)CCCCCCCCCCCCCCC. The number of unbranched alkanes of at least 4 members (excludes halogenated alkanes) is 29. The highest BCUT2D eigenvalue weighted by molar-refractivity contribution is 5.77. The predicted molar refractivity (Wildman–Crippen MR) is 250 cm³/mol. The Morgan fingerprint density at radius 1 is 0.517 bits per heavy atom. The van der Waals surface area contributed by atoms with Gasteiger partial charge in [0, 0.05) is 6.42 Å². The molecule has 0 fully saturated rings. The van der Waals surface area contributed by atoms with Crippen molar-refractivity contribution in [1.29, 1.82) is 0 Å². The van der Waals surface area contributed by atoms with Gasteiger partial charge in [-0.25, -0.2) is 0 Å². The molecule has 0 spiro atoms. The van der Waals surface area contributed by atoms with Gasteiger partial charge in [-0.3, -0.25) is 9.59 Å². The van der Waals surface area contributed by atoms with Crippen LogP contribution in [0.3, 0.4) is 0 Å². The molecule has 0 saturated heterocycles. The van der Waals surface area contributed by atoms with Gasteiger partial charge in [0.1, 0.15) is 6.10 Å². The molecule has 0 saturated carbocycles. The van der Waals surface area contributed by atoms with Crippen molar-refractivity contribution in [2.45, 2.75) is 277 Å². The summed E-state index contributed by atoms with van der Waals surface area (Å²) in [6, 6.07) is -0.701. The molecule has 58 heavy (non-hydrogen) atoms. The van der Waals surface area contributed by atoms with Gasteiger partial charge in [0.25, 0.3) is 0 Å². The van der Waals surface area contributed by atoms with E-state index < -0.39 is 18.2 Å². The molecule has 3 unspecified atom stereocenters. The van der Waals surface area contributed by atoms with E-state index in [4.69, 9.17) is 4.74 Å². The highest BCUT2D eigenvalue weighted by Crippen LogP contribution is 2.18. The monoisotopic (exact) mass is 816 g/mol. The fourth-order valence-corrected chi connectivity index (χ4v) is 7.73. The maximum atomic E-state index is 13.2. The van der Waals surface area contributed by atoms with Crippen LogP contribution in [0, 0.1) is 0 Å². The van der Waals surface area contributed by atoms with Crippen LogP contribution in [0.2, 0.25) is 0 Å². The number of amides is 1. The van der Waals surface area contributed by atoms with E-state index in [1.54, 1.807) is 0 Å². The van der Waals surface area contributed by atoms with Gasteiger partial charge in [-0.2, -0.15) is 0 Å². The van der Waals surface area contributed by atoms with Crippen LogP contribution >= 0.6 is 0 Å². The minimum atomic E-state index is -0.787. The Balaban J connectivity index is 4.58. The van der Waals surface area contributed by atoms with Crippen molar-refractivity contribution in [3.05, 3.63) is 36.5 Å². The molecule has 0 aromatic heterocycles. The Kier molecular flexibility index (Phi) is 44.6. The van der Waals surface area contributed by atoms with Crippen LogP contribution in [-0.2, 0) is 14.3 Å². The van der Waals surface area contributed by atoms with Crippen LogP contribution in [0.4, 0.5) is 0 Å². The highest BCUT2D eigenvalue weighted by Gasteiger charge is 2.24. The first-order chi connectivity index (χ1) is 28.5. The zero-order valence-electron chi connectivity index (χ0n) is 38.7. The van der Waals surface area contributed by atoms with E-state index in [0.717, 1.165) is 70.6 Å². The molecule has 0 aliphatic heterocycles. The molecule has 3 atom stereocenters. The maximum Gasteiger partial charge on any atom is 0.306 e. The molecule has 0 radical (unpaired) electrons. The van der Waals surface area contributed by atoms with Gasteiger partial charge >= 0.3 is 5.97 Å². The maximum absolute atomic E-state index is 13.2. The van der Waals surface area contributed by atoms with Crippen LogP contribution in [0.15, 0.2) is 36.5 Å². The van der Waals surface area contributed by atoms with E-state index in [1.807, 2.05) is 0 Å². The highest BCUT2D eigenvalue weighted by atomic mass is 16.5. The average Bonchev–Trinajstić information content (AvgIpc) is 3.22. The molecule has 1 amide bonds. The number of hydrogen-bond donors (Lipinski definition) is 3. The van der Waals surface area contributed by atoms with Gasteiger partial charge in [0.2, 0.25) is 5.91 Å². The van der Waals surface area contributed by atoms with E-state index in [2.05, 4.69) is 62.5 Å². The summed E-state index contributed by atoms with van der Waals surface area (Å²) in [5, 5.41) is 23.7. The van der Waals surface area contributed by atoms with Gasteiger partial charge in [0.05, 0.1) is 25.2 Å². The first kappa shape index (κ1) is 56.1. The fraction of sp³-hybridized carbons (Fsp3) is 0.846. The minimum absolute atomic E-state index is 0.0730. The Morgan fingerprint density at radius 3 is 1.40 bits per heavy atom. The zero-order chi connectivity index (χ0) is 42.4. The predicted octanol–water partition coefficient (Wildman–Crippen LogP) is 14.9. The van der Waals surface area contributed by atoms with Crippen LogP contribution in [0.1, 0.15) is 258 Å². The van der Waals surface area contributed by atoms with Crippen LogP contribution in [0.25, 0.3) is 0 Å². The summed E-state index contributed by atoms with van der Waals surface area (Å²) < 4.78 is 5.92. The summed E-state index contributed by atoms with van der Waals surface area (Å²) in [6.07, 6.45) is 53.4. The third-order valence-corrected chi connectivity index (χ3v) is 11.5. The fourth-order valence-electron chi connectivity index (χ4n) is 7.73. The largest absolute Gasteiger partial charge is 0.462 e. The molecular formula is C52H97NO5. The van der Waals surface area contributed by atoms with Crippen molar-refractivity contribution >= 4 is 11.9 Å². The number of aliphatic hydroxyl groups excluding tert-OH is 2. The molecule has 6 nitrogen and oxygen atoms in total. The summed E-state index contributed by atoms with van der Waals surface area (Å²) >= 11 is 0. The smallest absolute Gasteiger partial charge is 0.306 e. The molecule has 340 valence electrons. The number of ether oxygens (including phenoxy) is 1. The molecular weight excluding hydrogens is 719 g/mol. The summed E-state index contributed by atoms with van der Waals surface area (Å²) in [6.45, 7) is 6.36. The number of carbonyl (C=O) groups excluding carboxylic acids is 2. The van der Waals surface area contributed by atoms with E-state index in [0.29, 0.717) is 19.3 Å². The van der Waals surface area contributed by atoms with Gasteiger partial charge in [-0.15, -0.1) is 0 Å². The van der Waals surface area contributed by atoms with E-state index in [1.165, 1.54) is 141 Å². The summed E-state index contributed by atoms with van der Waals surface area (Å²) in [5.41, 5.74) is 0. The molecule has 3 N–H and O–H groups in total. The van der Waals surface area contributed by atoms with Gasteiger partial charge < -0.3 is 20.3 Å². The topological polar surface area (TPSA) is 95.9 Å². The lowest BCUT2D eigenvalue weighted by molar-refractivity contribution is -0.151. The molecule has 0 rings (SSSR count). The number of esters is 1.